The zero-order valence-electron chi connectivity index (χ0n) is 8.74. The molecule has 88 valence electrons. The van der Waals surface area contributed by atoms with E-state index in [9.17, 15) is 0 Å². The zero-order chi connectivity index (χ0) is 12.1. The smallest absolute Gasteiger partial charge is 0.143 e. The highest BCUT2D eigenvalue weighted by molar-refractivity contribution is 9.10. The van der Waals surface area contributed by atoms with Crippen molar-refractivity contribution in [3.8, 4) is 0 Å². The first kappa shape index (κ1) is 13.1. The van der Waals surface area contributed by atoms with Gasteiger partial charge in [-0.25, -0.2) is 0 Å². The lowest BCUT2D eigenvalue weighted by molar-refractivity contribution is 0.315. The maximum Gasteiger partial charge on any atom is 0.143 e. The van der Waals surface area contributed by atoms with E-state index in [-0.39, 0.29) is 11.8 Å². The van der Waals surface area contributed by atoms with E-state index in [1.807, 2.05) is 19.1 Å². The second kappa shape index (κ2) is 5.96. The Labute approximate surface area is 108 Å². The topological polar surface area (TPSA) is 70.6 Å². The summed E-state index contributed by atoms with van der Waals surface area (Å²) in [7, 11) is 0. The van der Waals surface area contributed by atoms with Crippen molar-refractivity contribution >= 4 is 39.1 Å². The van der Waals surface area contributed by atoms with E-state index >= 15 is 0 Å². The molecular weight excluding hydrogens is 293 g/mol. The molecule has 4 nitrogen and oxygen atoms in total. The van der Waals surface area contributed by atoms with Crippen molar-refractivity contribution in [3.05, 3.63) is 27.7 Å². The van der Waals surface area contributed by atoms with Crippen molar-refractivity contribution in [2.24, 2.45) is 16.8 Å². The largest absolute Gasteiger partial charge is 0.409 e. The first-order valence-electron chi connectivity index (χ1n) is 4.71. The predicted octanol–water partition coefficient (Wildman–Crippen LogP) is 2.90. The Bertz CT molecular complexity index is 398. The summed E-state index contributed by atoms with van der Waals surface area (Å²) in [4.78, 5) is 0. The molecule has 0 amide bonds. The molecule has 4 N–H and O–H groups in total. The fourth-order valence-corrected chi connectivity index (χ4v) is 1.58. The monoisotopic (exact) mass is 305 g/mol. The number of halogens is 2. The van der Waals surface area contributed by atoms with Crippen LogP contribution in [-0.2, 0) is 0 Å². The third kappa shape index (κ3) is 3.57. The van der Waals surface area contributed by atoms with Gasteiger partial charge in [0.15, 0.2) is 0 Å². The molecule has 1 atom stereocenters. The quantitative estimate of drug-likeness (QED) is 0.347. The Balaban J connectivity index is 2.58. The average molecular weight is 307 g/mol. The number of oxime groups is 1. The highest BCUT2D eigenvalue weighted by Gasteiger charge is 2.07. The second-order valence-electron chi connectivity index (χ2n) is 3.44. The van der Waals surface area contributed by atoms with Gasteiger partial charge < -0.3 is 16.3 Å². The minimum absolute atomic E-state index is 0.0422. The molecule has 0 heterocycles. The minimum Gasteiger partial charge on any atom is -0.409 e. The molecule has 0 aliphatic carbocycles. The number of amidine groups is 1. The predicted molar refractivity (Wildman–Crippen MR) is 70.2 cm³/mol. The van der Waals surface area contributed by atoms with Crippen LogP contribution in [0.4, 0.5) is 5.69 Å². The third-order valence-electron chi connectivity index (χ3n) is 2.15. The van der Waals surface area contributed by atoms with Crippen molar-refractivity contribution in [2.45, 2.75) is 6.92 Å². The number of hydrogen-bond donors (Lipinski definition) is 3. The Morgan fingerprint density at radius 1 is 1.69 bits per heavy atom. The lowest BCUT2D eigenvalue weighted by Crippen LogP contribution is -2.27. The van der Waals surface area contributed by atoms with Gasteiger partial charge in [0.25, 0.3) is 0 Å². The molecule has 16 heavy (non-hydrogen) atoms. The Morgan fingerprint density at radius 3 is 2.94 bits per heavy atom. The van der Waals surface area contributed by atoms with E-state index in [1.54, 1.807) is 6.07 Å². The molecule has 0 bridgehead atoms. The van der Waals surface area contributed by atoms with E-state index in [4.69, 9.17) is 22.5 Å². The number of nitrogens with zero attached hydrogens (tertiary/aromatic N) is 1. The Hall–Kier alpha value is -0.940. The number of nitrogens with two attached hydrogens (primary N) is 1. The summed E-state index contributed by atoms with van der Waals surface area (Å²) in [6, 6.07) is 5.54. The van der Waals surface area contributed by atoms with Gasteiger partial charge in [-0.05, 0) is 34.1 Å². The Morgan fingerprint density at radius 2 is 2.38 bits per heavy atom. The normalized spacial score (nSPS) is 13.6. The van der Waals surface area contributed by atoms with Crippen LogP contribution in [0.15, 0.2) is 27.8 Å². The summed E-state index contributed by atoms with van der Waals surface area (Å²) in [5.41, 5.74) is 6.39. The van der Waals surface area contributed by atoms with Gasteiger partial charge in [0.05, 0.1) is 5.02 Å². The number of hydrogen-bond acceptors (Lipinski definition) is 3. The summed E-state index contributed by atoms with van der Waals surface area (Å²) in [6.45, 7) is 2.46. The van der Waals surface area contributed by atoms with Crippen LogP contribution < -0.4 is 11.1 Å². The van der Waals surface area contributed by atoms with Gasteiger partial charge in [0.1, 0.15) is 5.84 Å². The Kier molecular flexibility index (Phi) is 4.89. The van der Waals surface area contributed by atoms with Gasteiger partial charge in [-0.15, -0.1) is 0 Å². The molecule has 0 radical (unpaired) electrons. The van der Waals surface area contributed by atoms with Crippen LogP contribution in [0.5, 0.6) is 0 Å². The minimum atomic E-state index is -0.0422. The van der Waals surface area contributed by atoms with E-state index in [0.717, 1.165) is 10.2 Å². The molecule has 0 saturated heterocycles. The van der Waals surface area contributed by atoms with Gasteiger partial charge >= 0.3 is 0 Å². The van der Waals surface area contributed by atoms with E-state index < -0.39 is 0 Å². The van der Waals surface area contributed by atoms with Crippen LogP contribution in [0.1, 0.15) is 6.92 Å². The first-order valence-corrected chi connectivity index (χ1v) is 5.88. The SMILES string of the molecule is CC(CNc1ccc(Cl)c(Br)c1)C(N)=NO. The van der Waals surface area contributed by atoms with E-state index in [0.29, 0.717) is 11.6 Å². The fraction of sp³-hybridized carbons (Fsp3) is 0.300. The number of anilines is 1. The summed E-state index contributed by atoms with van der Waals surface area (Å²) in [5.74, 6) is 0.167. The second-order valence-corrected chi connectivity index (χ2v) is 4.70. The van der Waals surface area contributed by atoms with Gasteiger partial charge in [-0.2, -0.15) is 0 Å². The number of benzene rings is 1. The number of rotatable bonds is 4. The van der Waals surface area contributed by atoms with Crippen molar-refractivity contribution in [1.82, 2.24) is 0 Å². The maximum atomic E-state index is 8.49. The molecule has 1 aromatic carbocycles. The van der Waals surface area contributed by atoms with Crippen molar-refractivity contribution in [2.75, 3.05) is 11.9 Å². The maximum absolute atomic E-state index is 8.49. The highest BCUT2D eigenvalue weighted by atomic mass is 79.9. The van der Waals surface area contributed by atoms with Crippen LogP contribution in [0.25, 0.3) is 0 Å². The van der Waals surface area contributed by atoms with Crippen LogP contribution in [-0.4, -0.2) is 17.6 Å². The molecule has 0 fully saturated rings. The summed E-state index contributed by atoms with van der Waals surface area (Å²) in [6.07, 6.45) is 0. The molecule has 1 aromatic rings. The van der Waals surface area contributed by atoms with E-state index in [1.165, 1.54) is 0 Å². The first-order chi connectivity index (χ1) is 7.54. The standard InChI is InChI=1S/C10H13BrClN3O/c1-6(10(13)15-16)5-14-7-2-3-9(12)8(11)4-7/h2-4,6,14,16H,5H2,1H3,(H2,13,15). The average Bonchev–Trinajstić information content (AvgIpc) is 2.29. The van der Waals surface area contributed by atoms with Crippen molar-refractivity contribution < 1.29 is 5.21 Å². The van der Waals surface area contributed by atoms with Gasteiger partial charge in [-0.1, -0.05) is 23.7 Å². The molecule has 0 aromatic heterocycles. The van der Waals surface area contributed by atoms with E-state index in [2.05, 4.69) is 26.4 Å². The lowest BCUT2D eigenvalue weighted by Gasteiger charge is -2.12. The van der Waals surface area contributed by atoms with Crippen LogP contribution >= 0.6 is 27.5 Å². The summed E-state index contributed by atoms with van der Waals surface area (Å²) in [5, 5.41) is 15.3. The van der Waals surface area contributed by atoms with Gasteiger partial charge in [0.2, 0.25) is 0 Å². The summed E-state index contributed by atoms with van der Waals surface area (Å²) >= 11 is 9.20. The zero-order valence-corrected chi connectivity index (χ0v) is 11.1. The molecule has 0 aliphatic heterocycles. The fourth-order valence-electron chi connectivity index (χ4n) is 1.08. The third-order valence-corrected chi connectivity index (χ3v) is 3.37. The molecule has 1 unspecified atom stereocenters. The summed E-state index contributed by atoms with van der Waals surface area (Å²) < 4.78 is 0.829. The molecule has 1 rings (SSSR count). The van der Waals surface area contributed by atoms with Gasteiger partial charge in [-0.3, -0.25) is 0 Å². The van der Waals surface area contributed by atoms with Crippen LogP contribution in [0.3, 0.4) is 0 Å². The van der Waals surface area contributed by atoms with Crippen molar-refractivity contribution in [1.29, 1.82) is 0 Å². The molecule has 6 heteroatoms. The molecule has 0 spiro atoms. The van der Waals surface area contributed by atoms with Crippen LogP contribution in [0.2, 0.25) is 5.02 Å². The van der Waals surface area contributed by atoms with Crippen molar-refractivity contribution in [3.63, 3.8) is 0 Å². The molecular formula is C10H13BrClN3O. The molecule has 0 saturated carbocycles. The van der Waals surface area contributed by atoms with Gasteiger partial charge in [0, 0.05) is 22.6 Å². The van der Waals surface area contributed by atoms with Crippen LogP contribution in [0, 0.1) is 5.92 Å². The lowest BCUT2D eigenvalue weighted by atomic mass is 10.1. The highest BCUT2D eigenvalue weighted by Crippen LogP contribution is 2.25. The molecule has 0 aliphatic rings. The number of nitrogens with one attached hydrogen (secondary N) is 1.